The molecular formula is C29H25N3O3S. The van der Waals surface area contributed by atoms with Crippen molar-refractivity contribution in [3.63, 3.8) is 0 Å². The van der Waals surface area contributed by atoms with Crippen LogP contribution < -0.4 is 10.1 Å². The van der Waals surface area contributed by atoms with Gasteiger partial charge in [0, 0.05) is 16.7 Å². The first-order valence-electron chi connectivity index (χ1n) is 11.9. The highest BCUT2D eigenvalue weighted by atomic mass is 32.1. The van der Waals surface area contributed by atoms with Crippen LogP contribution >= 0.6 is 11.3 Å². The number of thiophene rings is 1. The molecule has 7 heteroatoms. The predicted octanol–water partition coefficient (Wildman–Crippen LogP) is 6.35. The van der Waals surface area contributed by atoms with Gasteiger partial charge in [0.2, 0.25) is 0 Å². The molecular weight excluding hydrogens is 470 g/mol. The number of hydrogen-bond acceptors (Lipinski definition) is 6. The largest absolute Gasteiger partial charge is 0.489 e. The van der Waals surface area contributed by atoms with Crippen molar-refractivity contribution in [3.05, 3.63) is 105 Å². The minimum atomic E-state index is -0.112. The summed E-state index contributed by atoms with van der Waals surface area (Å²) in [6.07, 6.45) is 7.53. The van der Waals surface area contributed by atoms with Crippen molar-refractivity contribution >= 4 is 28.5 Å². The second-order valence-electron chi connectivity index (χ2n) is 8.54. The molecule has 0 spiro atoms. The molecule has 0 saturated heterocycles. The van der Waals surface area contributed by atoms with E-state index < -0.39 is 0 Å². The fraction of sp³-hybridized carbons (Fsp3) is 0.207. The summed E-state index contributed by atoms with van der Waals surface area (Å²) in [6, 6.07) is 20.9. The maximum absolute atomic E-state index is 13.1. The van der Waals surface area contributed by atoms with Gasteiger partial charge in [-0.05, 0) is 79.3 Å². The molecule has 0 bridgehead atoms. The standard InChI is InChI=1S/C29H25N3O3S/c30-16-21-6-1-2-7-22(21)19-35-23-13-11-20(12-14-23)17-32-29-27(25-9-3-4-10-26(25)36-29)28(33)31-18-24-8-5-15-34-24/h1-2,5-8,11-15,17H,3-4,9-10,18-19H2,(H,31,33). The summed E-state index contributed by atoms with van der Waals surface area (Å²) in [5, 5.41) is 13.0. The van der Waals surface area contributed by atoms with E-state index >= 15 is 0 Å². The van der Waals surface area contributed by atoms with Gasteiger partial charge in [0.1, 0.15) is 23.1 Å². The number of carbonyl (C=O) groups excluding carboxylic acids is 1. The van der Waals surface area contributed by atoms with Gasteiger partial charge in [-0.2, -0.15) is 5.26 Å². The van der Waals surface area contributed by atoms with Gasteiger partial charge in [0.05, 0.1) is 30.0 Å². The third-order valence-electron chi connectivity index (χ3n) is 6.13. The van der Waals surface area contributed by atoms with E-state index in [0.717, 1.165) is 53.1 Å². The molecule has 0 aliphatic heterocycles. The molecule has 180 valence electrons. The number of hydrogen-bond donors (Lipinski definition) is 1. The zero-order chi connectivity index (χ0) is 24.7. The topological polar surface area (TPSA) is 87.6 Å². The van der Waals surface area contributed by atoms with Gasteiger partial charge in [-0.15, -0.1) is 11.3 Å². The second-order valence-corrected chi connectivity index (χ2v) is 9.62. The normalized spacial score (nSPS) is 12.8. The van der Waals surface area contributed by atoms with E-state index in [1.54, 1.807) is 29.9 Å². The number of benzene rings is 2. The molecule has 2 heterocycles. The molecule has 6 nitrogen and oxygen atoms in total. The summed E-state index contributed by atoms with van der Waals surface area (Å²) in [5.74, 6) is 1.32. The molecule has 0 atom stereocenters. The van der Waals surface area contributed by atoms with Gasteiger partial charge < -0.3 is 14.5 Å². The van der Waals surface area contributed by atoms with Crippen molar-refractivity contribution in [2.75, 3.05) is 0 Å². The minimum absolute atomic E-state index is 0.112. The van der Waals surface area contributed by atoms with E-state index in [4.69, 9.17) is 14.1 Å². The number of nitrogens with one attached hydrogen (secondary N) is 1. The predicted molar refractivity (Wildman–Crippen MR) is 140 cm³/mol. The molecule has 1 aliphatic rings. The van der Waals surface area contributed by atoms with Crippen molar-refractivity contribution in [2.45, 2.75) is 38.8 Å². The smallest absolute Gasteiger partial charge is 0.255 e. The number of aliphatic imine (C=N–C) groups is 1. The van der Waals surface area contributed by atoms with Gasteiger partial charge in [-0.1, -0.05) is 18.2 Å². The third-order valence-corrected chi connectivity index (χ3v) is 7.33. The van der Waals surface area contributed by atoms with Crippen molar-refractivity contribution in [1.29, 1.82) is 5.26 Å². The van der Waals surface area contributed by atoms with Gasteiger partial charge in [-0.3, -0.25) is 4.79 Å². The SMILES string of the molecule is N#Cc1ccccc1COc1ccc(C=Nc2sc3c(c2C(=O)NCc2ccco2)CCCC3)cc1. The highest BCUT2D eigenvalue weighted by Crippen LogP contribution is 2.40. The lowest BCUT2D eigenvalue weighted by Crippen LogP contribution is -2.23. The highest BCUT2D eigenvalue weighted by molar-refractivity contribution is 7.16. The Hall–Kier alpha value is -4.15. The zero-order valence-electron chi connectivity index (χ0n) is 19.7. The minimum Gasteiger partial charge on any atom is -0.489 e. The molecule has 5 rings (SSSR count). The van der Waals surface area contributed by atoms with Crippen molar-refractivity contribution < 1.29 is 13.9 Å². The molecule has 0 unspecified atom stereocenters. The lowest BCUT2D eigenvalue weighted by Gasteiger charge is -2.12. The molecule has 1 aliphatic carbocycles. The summed E-state index contributed by atoms with van der Waals surface area (Å²) in [5.41, 5.74) is 4.20. The molecule has 4 aromatic rings. The first kappa shape index (κ1) is 23.6. The number of furan rings is 1. The summed E-state index contributed by atoms with van der Waals surface area (Å²) >= 11 is 1.61. The van der Waals surface area contributed by atoms with E-state index in [1.165, 1.54) is 4.88 Å². The van der Waals surface area contributed by atoms with Gasteiger partial charge in [0.15, 0.2) is 0 Å². The van der Waals surface area contributed by atoms with E-state index in [9.17, 15) is 10.1 Å². The quantitative estimate of drug-likeness (QED) is 0.289. The van der Waals surface area contributed by atoms with Crippen molar-refractivity contribution in [3.8, 4) is 11.8 Å². The number of rotatable bonds is 8. The van der Waals surface area contributed by atoms with Crippen LogP contribution in [0.2, 0.25) is 0 Å². The van der Waals surface area contributed by atoms with Crippen LogP contribution in [-0.4, -0.2) is 12.1 Å². The van der Waals surface area contributed by atoms with Crippen molar-refractivity contribution in [2.24, 2.45) is 4.99 Å². The Morgan fingerprint density at radius 1 is 1.11 bits per heavy atom. The molecule has 0 saturated carbocycles. The number of ether oxygens (including phenoxy) is 1. The monoisotopic (exact) mass is 495 g/mol. The Morgan fingerprint density at radius 2 is 1.94 bits per heavy atom. The van der Waals surface area contributed by atoms with E-state index in [2.05, 4.69) is 11.4 Å². The van der Waals surface area contributed by atoms with Crippen LogP contribution in [-0.2, 0) is 26.0 Å². The molecule has 0 fully saturated rings. The lowest BCUT2D eigenvalue weighted by molar-refractivity contribution is 0.0948. The summed E-state index contributed by atoms with van der Waals surface area (Å²) in [7, 11) is 0. The number of fused-ring (bicyclic) bond motifs is 1. The summed E-state index contributed by atoms with van der Waals surface area (Å²) in [6.45, 7) is 0.675. The number of nitriles is 1. The van der Waals surface area contributed by atoms with Crippen LogP contribution in [0.5, 0.6) is 5.75 Å². The molecule has 2 aromatic carbocycles. The average Bonchev–Trinajstić information content (AvgIpc) is 3.58. The number of carbonyl (C=O) groups is 1. The lowest BCUT2D eigenvalue weighted by atomic mass is 9.95. The zero-order valence-corrected chi connectivity index (χ0v) is 20.5. The summed E-state index contributed by atoms with van der Waals surface area (Å²) in [4.78, 5) is 19.1. The molecule has 1 N–H and O–H groups in total. The Balaban J connectivity index is 1.29. The van der Waals surface area contributed by atoms with Crippen LogP contribution in [0.25, 0.3) is 0 Å². The number of nitrogens with zero attached hydrogens (tertiary/aromatic N) is 2. The maximum Gasteiger partial charge on any atom is 0.255 e. The number of amides is 1. The van der Waals surface area contributed by atoms with Crippen LogP contribution in [0.4, 0.5) is 5.00 Å². The van der Waals surface area contributed by atoms with Crippen LogP contribution in [0.15, 0.2) is 76.3 Å². The fourth-order valence-electron chi connectivity index (χ4n) is 4.25. The highest BCUT2D eigenvalue weighted by Gasteiger charge is 2.25. The second kappa shape index (κ2) is 11.1. The first-order valence-corrected chi connectivity index (χ1v) is 12.7. The van der Waals surface area contributed by atoms with E-state index in [1.807, 2.05) is 54.6 Å². The van der Waals surface area contributed by atoms with Crippen molar-refractivity contribution in [1.82, 2.24) is 5.32 Å². The third kappa shape index (κ3) is 5.40. The van der Waals surface area contributed by atoms with Crippen LogP contribution in [0.1, 0.15) is 56.1 Å². The van der Waals surface area contributed by atoms with E-state index in [0.29, 0.717) is 30.0 Å². The first-order chi connectivity index (χ1) is 17.7. The Morgan fingerprint density at radius 3 is 2.75 bits per heavy atom. The molecule has 36 heavy (non-hydrogen) atoms. The molecule has 0 radical (unpaired) electrons. The van der Waals surface area contributed by atoms with Gasteiger partial charge in [0.25, 0.3) is 5.91 Å². The number of aryl methyl sites for hydroxylation is 1. The van der Waals surface area contributed by atoms with E-state index in [-0.39, 0.29) is 5.91 Å². The summed E-state index contributed by atoms with van der Waals surface area (Å²) < 4.78 is 11.2. The molecule has 2 aromatic heterocycles. The molecule has 1 amide bonds. The average molecular weight is 496 g/mol. The van der Waals surface area contributed by atoms with Gasteiger partial charge in [-0.25, -0.2) is 4.99 Å². The maximum atomic E-state index is 13.1. The fourth-order valence-corrected chi connectivity index (χ4v) is 5.48. The Bertz CT molecular complexity index is 1410. The van der Waals surface area contributed by atoms with Gasteiger partial charge >= 0.3 is 0 Å². The van der Waals surface area contributed by atoms with Crippen LogP contribution in [0.3, 0.4) is 0 Å². The Labute approximate surface area is 213 Å². The van der Waals surface area contributed by atoms with Crippen LogP contribution in [0, 0.1) is 11.3 Å². The Kier molecular flexibility index (Phi) is 7.25.